The van der Waals surface area contributed by atoms with E-state index in [1.54, 1.807) is 0 Å². The van der Waals surface area contributed by atoms with Crippen LogP contribution >= 0.6 is 0 Å². The fourth-order valence-electron chi connectivity index (χ4n) is 1.88. The van der Waals surface area contributed by atoms with Gasteiger partial charge in [-0.05, 0) is 32.0 Å². The molecule has 0 saturated carbocycles. The first kappa shape index (κ1) is 9.69. The summed E-state index contributed by atoms with van der Waals surface area (Å²) < 4.78 is 0. The van der Waals surface area contributed by atoms with Gasteiger partial charge >= 0.3 is 0 Å². The number of likely N-dealkylation sites (tertiary alicyclic amines) is 1. The van der Waals surface area contributed by atoms with E-state index in [0.29, 0.717) is 0 Å². The summed E-state index contributed by atoms with van der Waals surface area (Å²) in [6.07, 6.45) is 0.919. The Kier molecular flexibility index (Phi) is 2.85. The van der Waals surface area contributed by atoms with E-state index in [1.807, 2.05) is 30.3 Å². The molecule has 2 rings (SSSR count). The summed E-state index contributed by atoms with van der Waals surface area (Å²) in [4.78, 5) is 2.32. The maximum atomic E-state index is 10.1. The fourth-order valence-corrected chi connectivity index (χ4v) is 1.88. The van der Waals surface area contributed by atoms with Gasteiger partial charge in [0.1, 0.15) is 0 Å². The summed E-state index contributed by atoms with van der Waals surface area (Å²) in [6, 6.07) is 10.1. The molecule has 1 fully saturated rings. The molecule has 0 spiro atoms. The number of aliphatic hydroxyl groups excluding tert-OH is 1. The molecule has 1 N–H and O–H groups in total. The lowest BCUT2D eigenvalue weighted by Gasteiger charge is -2.38. The summed E-state index contributed by atoms with van der Waals surface area (Å²) >= 11 is 0. The van der Waals surface area contributed by atoms with Crippen molar-refractivity contribution >= 4 is 0 Å². The molecule has 1 aliphatic heterocycles. The van der Waals surface area contributed by atoms with Crippen LogP contribution in [0.4, 0.5) is 0 Å². The van der Waals surface area contributed by atoms with Crippen LogP contribution in [0.3, 0.4) is 0 Å². The summed E-state index contributed by atoms with van der Waals surface area (Å²) in [5.41, 5.74) is 1.02. The normalized spacial score (nSPS) is 21.3. The van der Waals surface area contributed by atoms with Crippen LogP contribution in [0, 0.1) is 0 Å². The summed E-state index contributed by atoms with van der Waals surface area (Å²) in [6.45, 7) is 4.35. The van der Waals surface area contributed by atoms with Gasteiger partial charge in [0.05, 0.1) is 6.10 Å². The second-order valence-electron chi connectivity index (χ2n) is 3.99. The molecule has 1 aromatic carbocycles. The van der Waals surface area contributed by atoms with Crippen LogP contribution in [-0.4, -0.2) is 29.1 Å². The smallest absolute Gasteiger partial charge is 0.0942 e. The van der Waals surface area contributed by atoms with Crippen molar-refractivity contribution in [1.82, 2.24) is 4.90 Å². The summed E-state index contributed by atoms with van der Waals surface area (Å²) in [7, 11) is 0. The number of rotatable bonds is 3. The number of aliphatic hydroxyl groups is 1. The molecule has 0 aromatic heterocycles. The molecule has 0 aliphatic carbocycles. The van der Waals surface area contributed by atoms with Gasteiger partial charge in [-0.25, -0.2) is 0 Å². The van der Waals surface area contributed by atoms with Gasteiger partial charge in [-0.15, -0.1) is 0 Å². The highest BCUT2D eigenvalue weighted by Gasteiger charge is 2.26. The van der Waals surface area contributed by atoms with Crippen LogP contribution in [-0.2, 0) is 0 Å². The maximum Gasteiger partial charge on any atom is 0.0942 e. The topological polar surface area (TPSA) is 23.5 Å². The van der Waals surface area contributed by atoms with E-state index in [1.165, 1.54) is 6.42 Å². The van der Waals surface area contributed by atoms with Gasteiger partial charge in [-0.3, -0.25) is 4.90 Å². The van der Waals surface area contributed by atoms with E-state index in [4.69, 9.17) is 0 Å². The zero-order valence-corrected chi connectivity index (χ0v) is 8.56. The Morgan fingerprint density at radius 1 is 1.21 bits per heavy atom. The third-order valence-corrected chi connectivity index (χ3v) is 3.06. The van der Waals surface area contributed by atoms with E-state index in [-0.39, 0.29) is 12.1 Å². The molecule has 1 aromatic rings. The van der Waals surface area contributed by atoms with E-state index >= 15 is 0 Å². The Balaban J connectivity index is 2.03. The standard InChI is InChI=1S/C12H17NO/c1-10(13-8-5-9-13)12(14)11-6-3-2-4-7-11/h2-4,6-7,10,12,14H,5,8-9H2,1H3. The molecule has 0 bridgehead atoms. The lowest BCUT2D eigenvalue weighted by Crippen LogP contribution is -2.46. The highest BCUT2D eigenvalue weighted by molar-refractivity contribution is 5.18. The Morgan fingerprint density at radius 2 is 1.86 bits per heavy atom. The van der Waals surface area contributed by atoms with Crippen molar-refractivity contribution in [3.8, 4) is 0 Å². The predicted octanol–water partition coefficient (Wildman–Crippen LogP) is 1.81. The largest absolute Gasteiger partial charge is 0.387 e. The minimum atomic E-state index is -0.350. The SMILES string of the molecule is CC(C(O)c1ccccc1)N1CCC1. The average molecular weight is 191 g/mol. The Morgan fingerprint density at radius 3 is 2.36 bits per heavy atom. The molecule has 0 radical (unpaired) electrons. The van der Waals surface area contributed by atoms with Crippen molar-refractivity contribution in [2.45, 2.75) is 25.5 Å². The number of nitrogens with zero attached hydrogens (tertiary/aromatic N) is 1. The zero-order chi connectivity index (χ0) is 9.97. The lowest BCUT2D eigenvalue weighted by molar-refractivity contribution is 0.0240. The highest BCUT2D eigenvalue weighted by atomic mass is 16.3. The minimum absolute atomic E-state index is 0.242. The average Bonchev–Trinajstić information content (AvgIpc) is 2.15. The van der Waals surface area contributed by atoms with Crippen LogP contribution in [0.15, 0.2) is 30.3 Å². The fraction of sp³-hybridized carbons (Fsp3) is 0.500. The van der Waals surface area contributed by atoms with Gasteiger partial charge in [-0.1, -0.05) is 30.3 Å². The van der Waals surface area contributed by atoms with Gasteiger partial charge in [0.15, 0.2) is 0 Å². The van der Waals surface area contributed by atoms with Crippen molar-refractivity contribution in [3.05, 3.63) is 35.9 Å². The van der Waals surface area contributed by atoms with Crippen LogP contribution in [0.1, 0.15) is 25.0 Å². The van der Waals surface area contributed by atoms with Crippen molar-refractivity contribution in [2.24, 2.45) is 0 Å². The molecule has 1 aliphatic rings. The number of hydrogen-bond acceptors (Lipinski definition) is 2. The first-order valence-electron chi connectivity index (χ1n) is 5.26. The first-order chi connectivity index (χ1) is 6.79. The summed E-state index contributed by atoms with van der Waals surface area (Å²) in [5.74, 6) is 0. The van der Waals surface area contributed by atoms with E-state index in [0.717, 1.165) is 18.7 Å². The van der Waals surface area contributed by atoms with Crippen molar-refractivity contribution in [3.63, 3.8) is 0 Å². The predicted molar refractivity (Wildman–Crippen MR) is 57.1 cm³/mol. The molecule has 14 heavy (non-hydrogen) atoms. The molecule has 2 nitrogen and oxygen atoms in total. The Bertz CT molecular complexity index is 282. The van der Waals surface area contributed by atoms with Crippen LogP contribution in [0.5, 0.6) is 0 Å². The van der Waals surface area contributed by atoms with Crippen LogP contribution in [0.25, 0.3) is 0 Å². The molecule has 1 saturated heterocycles. The van der Waals surface area contributed by atoms with E-state index in [2.05, 4.69) is 11.8 Å². The van der Waals surface area contributed by atoms with E-state index in [9.17, 15) is 5.11 Å². The molecular weight excluding hydrogens is 174 g/mol. The number of hydrogen-bond donors (Lipinski definition) is 1. The third-order valence-electron chi connectivity index (χ3n) is 3.06. The molecular formula is C12H17NO. The van der Waals surface area contributed by atoms with Crippen LogP contribution < -0.4 is 0 Å². The van der Waals surface area contributed by atoms with Crippen LogP contribution in [0.2, 0.25) is 0 Å². The minimum Gasteiger partial charge on any atom is -0.387 e. The molecule has 0 amide bonds. The van der Waals surface area contributed by atoms with Gasteiger partial charge in [0.25, 0.3) is 0 Å². The quantitative estimate of drug-likeness (QED) is 0.787. The van der Waals surface area contributed by atoms with Gasteiger partial charge < -0.3 is 5.11 Å². The second-order valence-corrected chi connectivity index (χ2v) is 3.99. The monoisotopic (exact) mass is 191 g/mol. The summed E-state index contributed by atoms with van der Waals surface area (Å²) in [5, 5.41) is 10.1. The molecule has 2 unspecified atom stereocenters. The van der Waals surface area contributed by atoms with Gasteiger partial charge in [0.2, 0.25) is 0 Å². The lowest BCUT2D eigenvalue weighted by atomic mass is 10.00. The molecule has 76 valence electrons. The molecule has 1 heterocycles. The van der Waals surface area contributed by atoms with Crippen molar-refractivity contribution < 1.29 is 5.11 Å². The maximum absolute atomic E-state index is 10.1. The Labute approximate surface area is 85.2 Å². The third kappa shape index (κ3) is 1.81. The molecule has 2 heteroatoms. The van der Waals surface area contributed by atoms with E-state index < -0.39 is 0 Å². The van der Waals surface area contributed by atoms with Gasteiger partial charge in [0, 0.05) is 6.04 Å². The van der Waals surface area contributed by atoms with Crippen molar-refractivity contribution in [1.29, 1.82) is 0 Å². The van der Waals surface area contributed by atoms with Gasteiger partial charge in [-0.2, -0.15) is 0 Å². The first-order valence-corrected chi connectivity index (χ1v) is 5.26. The highest BCUT2D eigenvalue weighted by Crippen LogP contribution is 2.23. The van der Waals surface area contributed by atoms with Crippen molar-refractivity contribution in [2.75, 3.05) is 13.1 Å². The second kappa shape index (κ2) is 4.11. The zero-order valence-electron chi connectivity index (χ0n) is 8.56. The Hall–Kier alpha value is -0.860. The number of benzene rings is 1. The molecule has 2 atom stereocenters.